The second-order valence-electron chi connectivity index (χ2n) is 6.28. The molecule has 1 N–H and O–H groups in total. The molecule has 2 heterocycles. The molecule has 0 spiro atoms. The molecule has 1 atom stereocenters. The first-order valence-corrected chi connectivity index (χ1v) is 8.32. The van der Waals surface area contributed by atoms with Crippen molar-refractivity contribution < 1.29 is 0 Å². The monoisotopic (exact) mass is 290 g/mol. The zero-order chi connectivity index (χ0) is 15.1. The number of nitrogens with one attached hydrogen (secondary N) is 1. The van der Waals surface area contributed by atoms with E-state index in [-0.39, 0.29) is 0 Å². The molecule has 1 aliphatic heterocycles. The zero-order valence-corrected chi connectivity index (χ0v) is 13.8. The summed E-state index contributed by atoms with van der Waals surface area (Å²) in [4.78, 5) is 9.43. The second-order valence-corrected chi connectivity index (χ2v) is 6.28. The number of piperazine rings is 1. The van der Waals surface area contributed by atoms with Gasteiger partial charge >= 0.3 is 0 Å². The van der Waals surface area contributed by atoms with Crippen molar-refractivity contribution in [1.82, 2.24) is 15.2 Å². The molecule has 4 heteroatoms. The van der Waals surface area contributed by atoms with Gasteiger partial charge in [-0.1, -0.05) is 26.8 Å². The Labute approximate surface area is 129 Å². The second kappa shape index (κ2) is 8.35. The zero-order valence-electron chi connectivity index (χ0n) is 13.8. The third-order valence-corrected chi connectivity index (χ3v) is 4.26. The van der Waals surface area contributed by atoms with Gasteiger partial charge in [-0.15, -0.1) is 0 Å². The van der Waals surface area contributed by atoms with E-state index in [0.717, 1.165) is 45.1 Å². The maximum Gasteiger partial charge on any atom is 0.128 e. The van der Waals surface area contributed by atoms with Crippen LogP contribution in [-0.4, -0.2) is 55.2 Å². The number of pyridine rings is 1. The predicted octanol–water partition coefficient (Wildman–Crippen LogP) is 2.23. The van der Waals surface area contributed by atoms with Gasteiger partial charge < -0.3 is 10.2 Å². The van der Waals surface area contributed by atoms with Gasteiger partial charge in [0.05, 0.1) is 0 Å². The molecule has 118 valence electrons. The van der Waals surface area contributed by atoms with Crippen LogP contribution in [0.1, 0.15) is 27.2 Å². The summed E-state index contributed by atoms with van der Waals surface area (Å²) in [6, 6.07) is 6.76. The lowest BCUT2D eigenvalue weighted by atomic mass is 10.0. The van der Waals surface area contributed by atoms with Gasteiger partial charge in [-0.25, -0.2) is 4.98 Å². The summed E-state index contributed by atoms with van der Waals surface area (Å²) in [5.41, 5.74) is 0. The summed E-state index contributed by atoms with van der Waals surface area (Å²) >= 11 is 0. The van der Waals surface area contributed by atoms with Crippen molar-refractivity contribution in [2.75, 3.05) is 44.2 Å². The molecule has 0 bridgehead atoms. The van der Waals surface area contributed by atoms with Crippen LogP contribution in [0.5, 0.6) is 0 Å². The Bertz CT molecular complexity index is 385. The lowest BCUT2D eigenvalue weighted by Gasteiger charge is -2.38. The molecule has 2 rings (SSSR count). The maximum atomic E-state index is 4.45. The topological polar surface area (TPSA) is 31.4 Å². The van der Waals surface area contributed by atoms with E-state index in [1.807, 2.05) is 12.3 Å². The lowest BCUT2D eigenvalue weighted by molar-refractivity contribution is 0.207. The number of rotatable bonds is 7. The van der Waals surface area contributed by atoms with Gasteiger partial charge in [0.1, 0.15) is 5.82 Å². The molecule has 1 fully saturated rings. The van der Waals surface area contributed by atoms with Crippen LogP contribution in [0.4, 0.5) is 5.82 Å². The summed E-state index contributed by atoms with van der Waals surface area (Å²) in [7, 11) is 0. The Balaban J connectivity index is 1.80. The smallest absolute Gasteiger partial charge is 0.128 e. The van der Waals surface area contributed by atoms with Crippen molar-refractivity contribution in [2.24, 2.45) is 5.92 Å². The van der Waals surface area contributed by atoms with E-state index in [1.165, 1.54) is 6.42 Å². The van der Waals surface area contributed by atoms with Crippen LogP contribution in [-0.2, 0) is 0 Å². The molecule has 0 amide bonds. The molecule has 1 unspecified atom stereocenters. The fraction of sp³-hybridized carbons (Fsp3) is 0.706. The fourth-order valence-electron chi connectivity index (χ4n) is 2.82. The molecule has 1 aliphatic rings. The van der Waals surface area contributed by atoms with Gasteiger partial charge in [0.25, 0.3) is 0 Å². The van der Waals surface area contributed by atoms with Gasteiger partial charge in [0.15, 0.2) is 0 Å². The molecule has 4 nitrogen and oxygen atoms in total. The van der Waals surface area contributed by atoms with Crippen molar-refractivity contribution in [3.8, 4) is 0 Å². The standard InChI is InChI=1S/C17H30N4/c1-4-8-18-16(15(2)3)14-20-10-12-21(13-11-20)17-7-5-6-9-19-17/h5-7,9,15-16,18H,4,8,10-14H2,1-3H3. The van der Waals surface area contributed by atoms with E-state index >= 15 is 0 Å². The van der Waals surface area contributed by atoms with Crippen LogP contribution < -0.4 is 10.2 Å². The van der Waals surface area contributed by atoms with E-state index in [0.29, 0.717) is 12.0 Å². The molecule has 1 aromatic rings. The number of nitrogens with zero attached hydrogens (tertiary/aromatic N) is 3. The normalized spacial score (nSPS) is 18.2. The van der Waals surface area contributed by atoms with E-state index in [2.05, 4.69) is 53.0 Å². The lowest BCUT2D eigenvalue weighted by Crippen LogP contribution is -2.52. The predicted molar refractivity (Wildman–Crippen MR) is 89.8 cm³/mol. The van der Waals surface area contributed by atoms with Crippen LogP contribution in [0.15, 0.2) is 24.4 Å². The first kappa shape index (κ1) is 16.2. The van der Waals surface area contributed by atoms with Gasteiger partial charge in [0, 0.05) is 45.0 Å². The Morgan fingerprint density at radius 3 is 2.52 bits per heavy atom. The van der Waals surface area contributed by atoms with Crippen LogP contribution in [0.3, 0.4) is 0 Å². The third-order valence-electron chi connectivity index (χ3n) is 4.26. The van der Waals surface area contributed by atoms with Gasteiger partial charge in [-0.2, -0.15) is 0 Å². The van der Waals surface area contributed by atoms with Crippen molar-refractivity contribution >= 4 is 5.82 Å². The Morgan fingerprint density at radius 1 is 1.19 bits per heavy atom. The minimum absolute atomic E-state index is 0.603. The van der Waals surface area contributed by atoms with Crippen LogP contribution >= 0.6 is 0 Å². The molecule has 21 heavy (non-hydrogen) atoms. The summed E-state index contributed by atoms with van der Waals surface area (Å²) in [6.07, 6.45) is 3.09. The molecule has 0 aliphatic carbocycles. The van der Waals surface area contributed by atoms with Gasteiger partial charge in [-0.3, -0.25) is 4.90 Å². The van der Waals surface area contributed by atoms with Crippen molar-refractivity contribution in [2.45, 2.75) is 33.2 Å². The van der Waals surface area contributed by atoms with E-state index < -0.39 is 0 Å². The molecule has 0 saturated carbocycles. The Hall–Kier alpha value is -1.13. The highest BCUT2D eigenvalue weighted by molar-refractivity contribution is 5.38. The van der Waals surface area contributed by atoms with Crippen LogP contribution in [0.25, 0.3) is 0 Å². The number of hydrogen-bond donors (Lipinski definition) is 1. The Kier molecular flexibility index (Phi) is 6.46. The van der Waals surface area contributed by atoms with Crippen molar-refractivity contribution in [3.05, 3.63) is 24.4 Å². The van der Waals surface area contributed by atoms with E-state index in [1.54, 1.807) is 0 Å². The number of aromatic nitrogens is 1. The molecular formula is C17H30N4. The molecule has 0 radical (unpaired) electrons. The van der Waals surface area contributed by atoms with Crippen LogP contribution in [0.2, 0.25) is 0 Å². The quantitative estimate of drug-likeness (QED) is 0.834. The van der Waals surface area contributed by atoms with Crippen molar-refractivity contribution in [3.63, 3.8) is 0 Å². The summed E-state index contributed by atoms with van der Waals surface area (Å²) in [5, 5.41) is 3.69. The highest BCUT2D eigenvalue weighted by Crippen LogP contribution is 2.13. The highest BCUT2D eigenvalue weighted by atomic mass is 15.3. The van der Waals surface area contributed by atoms with Gasteiger partial charge in [0.2, 0.25) is 0 Å². The Morgan fingerprint density at radius 2 is 1.95 bits per heavy atom. The van der Waals surface area contributed by atoms with Crippen molar-refractivity contribution in [1.29, 1.82) is 0 Å². The number of anilines is 1. The minimum atomic E-state index is 0.603. The fourth-order valence-corrected chi connectivity index (χ4v) is 2.82. The summed E-state index contributed by atoms with van der Waals surface area (Å²) in [6.45, 7) is 13.6. The van der Waals surface area contributed by atoms with E-state index in [4.69, 9.17) is 0 Å². The average Bonchev–Trinajstić information content (AvgIpc) is 2.52. The third kappa shape index (κ3) is 4.97. The number of hydrogen-bond acceptors (Lipinski definition) is 4. The molecule has 1 aromatic heterocycles. The maximum absolute atomic E-state index is 4.45. The van der Waals surface area contributed by atoms with Gasteiger partial charge in [-0.05, 0) is 31.0 Å². The molecule has 0 aromatic carbocycles. The van der Waals surface area contributed by atoms with Crippen LogP contribution in [0, 0.1) is 5.92 Å². The minimum Gasteiger partial charge on any atom is -0.354 e. The molecular weight excluding hydrogens is 260 g/mol. The largest absolute Gasteiger partial charge is 0.354 e. The summed E-state index contributed by atoms with van der Waals surface area (Å²) < 4.78 is 0. The first-order valence-electron chi connectivity index (χ1n) is 8.32. The van der Waals surface area contributed by atoms with E-state index in [9.17, 15) is 0 Å². The summed E-state index contributed by atoms with van der Waals surface area (Å²) in [5.74, 6) is 1.80. The first-order chi connectivity index (χ1) is 10.2. The highest BCUT2D eigenvalue weighted by Gasteiger charge is 2.21. The average molecular weight is 290 g/mol. The SMILES string of the molecule is CCCNC(CN1CCN(c2ccccn2)CC1)C(C)C. The molecule has 1 saturated heterocycles.